The molecule has 0 saturated carbocycles. The number of thioether (sulfide) groups is 1. The number of aryl methyl sites for hydroxylation is 1. The van der Waals surface area contributed by atoms with Gasteiger partial charge in [0.1, 0.15) is 17.3 Å². The molecule has 2 aromatic carbocycles. The number of ether oxygens (including phenoxy) is 1. The van der Waals surface area contributed by atoms with Crippen LogP contribution in [0.15, 0.2) is 41.3 Å². The van der Waals surface area contributed by atoms with Gasteiger partial charge in [-0.2, -0.15) is 26.3 Å². The number of benzene rings is 2. The van der Waals surface area contributed by atoms with Gasteiger partial charge < -0.3 is 10.1 Å². The molecule has 1 aliphatic heterocycles. The average Bonchev–Trinajstić information content (AvgIpc) is 2.97. The van der Waals surface area contributed by atoms with E-state index >= 15 is 0 Å². The summed E-state index contributed by atoms with van der Waals surface area (Å²) in [6.45, 7) is 1.17. The molecule has 164 valence electrons. The SMILES string of the molecule is Cc1cc(OCc2ccc(C(F)(F)F)cc2C(F)(F)F)ccc1/C=C1\SC(=O)NC1=S. The van der Waals surface area contributed by atoms with Crippen LogP contribution in [0.3, 0.4) is 0 Å². The number of alkyl halides is 6. The summed E-state index contributed by atoms with van der Waals surface area (Å²) in [7, 11) is 0. The van der Waals surface area contributed by atoms with E-state index in [0.29, 0.717) is 21.5 Å². The van der Waals surface area contributed by atoms with Gasteiger partial charge in [-0.25, -0.2) is 0 Å². The lowest BCUT2D eigenvalue weighted by molar-refractivity contribution is -0.143. The van der Waals surface area contributed by atoms with Gasteiger partial charge >= 0.3 is 12.4 Å². The number of carbonyl (C=O) groups excluding carboxylic acids is 1. The highest BCUT2D eigenvalue weighted by Crippen LogP contribution is 2.38. The Kier molecular flexibility index (Phi) is 6.38. The van der Waals surface area contributed by atoms with E-state index in [1.165, 1.54) is 6.07 Å². The molecule has 0 aliphatic carbocycles. The van der Waals surface area contributed by atoms with Crippen LogP contribution in [-0.4, -0.2) is 10.2 Å². The lowest BCUT2D eigenvalue weighted by Gasteiger charge is -2.16. The van der Waals surface area contributed by atoms with Crippen LogP contribution in [0.2, 0.25) is 0 Å². The van der Waals surface area contributed by atoms with E-state index in [1.807, 2.05) is 0 Å². The van der Waals surface area contributed by atoms with Gasteiger partial charge in [-0.15, -0.1) is 0 Å². The summed E-state index contributed by atoms with van der Waals surface area (Å²) in [5.41, 5.74) is -1.77. The lowest BCUT2D eigenvalue weighted by Crippen LogP contribution is -2.15. The highest BCUT2D eigenvalue weighted by atomic mass is 32.2. The number of nitrogens with one attached hydrogen (secondary N) is 1. The smallest absolute Gasteiger partial charge is 0.416 e. The molecule has 1 N–H and O–H groups in total. The minimum absolute atomic E-state index is 0.0801. The second kappa shape index (κ2) is 8.54. The Balaban J connectivity index is 1.80. The molecule has 0 radical (unpaired) electrons. The Hall–Kier alpha value is -2.53. The number of halogens is 6. The number of amides is 1. The van der Waals surface area contributed by atoms with Crippen LogP contribution < -0.4 is 10.1 Å². The quantitative estimate of drug-likeness (QED) is 0.301. The van der Waals surface area contributed by atoms with Crippen LogP contribution >= 0.6 is 24.0 Å². The van der Waals surface area contributed by atoms with Gasteiger partial charge in [0.15, 0.2) is 0 Å². The molecule has 0 spiro atoms. The third-order valence-corrected chi connectivity index (χ3v) is 5.59. The molecule has 11 heteroatoms. The molecule has 2 aromatic rings. The van der Waals surface area contributed by atoms with Crippen molar-refractivity contribution in [1.82, 2.24) is 5.32 Å². The molecule has 1 amide bonds. The molecular formula is C20H13F6NO2S2. The fourth-order valence-corrected chi connectivity index (χ4v) is 3.79. The summed E-state index contributed by atoms with van der Waals surface area (Å²) < 4.78 is 83.5. The van der Waals surface area contributed by atoms with Gasteiger partial charge in [0.25, 0.3) is 5.24 Å². The second-order valence-electron chi connectivity index (χ2n) is 6.53. The van der Waals surface area contributed by atoms with Gasteiger partial charge in [0.2, 0.25) is 0 Å². The molecule has 0 atom stereocenters. The zero-order chi connectivity index (χ0) is 23.0. The fraction of sp³-hybridized carbons (Fsp3) is 0.200. The van der Waals surface area contributed by atoms with Crippen molar-refractivity contribution in [2.45, 2.75) is 25.9 Å². The third-order valence-electron chi connectivity index (χ3n) is 4.31. The van der Waals surface area contributed by atoms with Crippen molar-refractivity contribution >= 4 is 40.3 Å². The van der Waals surface area contributed by atoms with Crippen molar-refractivity contribution in [3.05, 3.63) is 69.1 Å². The molecule has 3 nitrogen and oxygen atoms in total. The summed E-state index contributed by atoms with van der Waals surface area (Å²) in [5, 5.41) is 2.20. The predicted molar refractivity (Wildman–Crippen MR) is 109 cm³/mol. The van der Waals surface area contributed by atoms with E-state index in [1.54, 1.807) is 25.1 Å². The van der Waals surface area contributed by atoms with Crippen molar-refractivity contribution in [2.24, 2.45) is 0 Å². The van der Waals surface area contributed by atoms with Crippen LogP contribution in [0.5, 0.6) is 5.75 Å². The van der Waals surface area contributed by atoms with Gasteiger partial charge in [-0.05, 0) is 60.2 Å². The monoisotopic (exact) mass is 477 g/mol. The molecule has 0 aromatic heterocycles. The maximum absolute atomic E-state index is 13.2. The van der Waals surface area contributed by atoms with Crippen molar-refractivity contribution in [3.8, 4) is 5.75 Å². The van der Waals surface area contributed by atoms with Crippen LogP contribution in [0, 0.1) is 6.92 Å². The largest absolute Gasteiger partial charge is 0.489 e. The summed E-state index contributed by atoms with van der Waals surface area (Å²) in [6.07, 6.45) is -8.16. The van der Waals surface area contributed by atoms with Gasteiger partial charge in [0.05, 0.1) is 16.0 Å². The first kappa shape index (κ1) is 23.1. The van der Waals surface area contributed by atoms with Gasteiger partial charge in [-0.3, -0.25) is 4.79 Å². The number of hydrogen-bond acceptors (Lipinski definition) is 4. The van der Waals surface area contributed by atoms with Gasteiger partial charge in [0, 0.05) is 5.56 Å². The molecule has 1 aliphatic rings. The Morgan fingerprint density at radius 2 is 1.77 bits per heavy atom. The van der Waals surface area contributed by atoms with Crippen molar-refractivity contribution in [3.63, 3.8) is 0 Å². The van der Waals surface area contributed by atoms with Crippen molar-refractivity contribution < 1.29 is 35.9 Å². The second-order valence-corrected chi connectivity index (χ2v) is 7.95. The third kappa shape index (κ3) is 5.59. The fourth-order valence-electron chi connectivity index (χ4n) is 2.77. The molecule has 0 bridgehead atoms. The Labute approximate surface area is 182 Å². The van der Waals surface area contributed by atoms with E-state index in [9.17, 15) is 31.1 Å². The summed E-state index contributed by atoms with van der Waals surface area (Å²) >= 11 is 6.00. The molecule has 31 heavy (non-hydrogen) atoms. The Morgan fingerprint density at radius 3 is 2.32 bits per heavy atom. The zero-order valence-electron chi connectivity index (χ0n) is 15.6. The van der Waals surface area contributed by atoms with Crippen LogP contribution in [0.1, 0.15) is 27.8 Å². The molecule has 1 saturated heterocycles. The van der Waals surface area contributed by atoms with Crippen LogP contribution in [0.4, 0.5) is 31.1 Å². The lowest BCUT2D eigenvalue weighted by atomic mass is 10.0. The average molecular weight is 477 g/mol. The molecule has 1 fully saturated rings. The highest BCUT2D eigenvalue weighted by molar-refractivity contribution is 8.19. The highest BCUT2D eigenvalue weighted by Gasteiger charge is 2.38. The van der Waals surface area contributed by atoms with E-state index < -0.39 is 35.6 Å². The minimum Gasteiger partial charge on any atom is -0.489 e. The van der Waals surface area contributed by atoms with E-state index in [-0.39, 0.29) is 17.1 Å². The molecular weight excluding hydrogens is 464 g/mol. The molecule has 3 rings (SSSR count). The van der Waals surface area contributed by atoms with Crippen LogP contribution in [-0.2, 0) is 19.0 Å². The van der Waals surface area contributed by atoms with E-state index in [2.05, 4.69) is 5.32 Å². The zero-order valence-corrected chi connectivity index (χ0v) is 17.3. The summed E-state index contributed by atoms with van der Waals surface area (Å²) in [6, 6.07) is 6.15. The predicted octanol–water partition coefficient (Wildman–Crippen LogP) is 6.74. The number of thiocarbonyl (C=S) groups is 1. The molecule has 0 unspecified atom stereocenters. The summed E-state index contributed by atoms with van der Waals surface area (Å²) in [4.78, 5) is 12.2. The summed E-state index contributed by atoms with van der Waals surface area (Å²) in [5.74, 6) is 0.239. The standard InChI is InChI=1S/C20H13F6NO2S2/c1-10-6-14(5-3-11(10)7-16-17(30)27-18(28)31-16)29-9-12-2-4-13(19(21,22)23)8-15(12)20(24,25)26/h2-8H,9H2,1H3,(H,27,28,30)/b16-7-. The topological polar surface area (TPSA) is 38.3 Å². The molecule has 1 heterocycles. The Bertz CT molecular complexity index is 1080. The number of hydrogen-bond donors (Lipinski definition) is 1. The van der Waals surface area contributed by atoms with E-state index in [0.717, 1.165) is 23.4 Å². The van der Waals surface area contributed by atoms with E-state index in [4.69, 9.17) is 17.0 Å². The Morgan fingerprint density at radius 1 is 1.06 bits per heavy atom. The van der Waals surface area contributed by atoms with Gasteiger partial charge in [-0.1, -0.05) is 24.4 Å². The first-order valence-electron chi connectivity index (χ1n) is 8.60. The maximum atomic E-state index is 13.2. The normalized spacial score (nSPS) is 16.0. The number of rotatable bonds is 4. The first-order valence-corrected chi connectivity index (χ1v) is 9.82. The van der Waals surface area contributed by atoms with Crippen molar-refractivity contribution in [2.75, 3.05) is 0 Å². The van der Waals surface area contributed by atoms with Crippen LogP contribution in [0.25, 0.3) is 6.08 Å². The van der Waals surface area contributed by atoms with Crippen molar-refractivity contribution in [1.29, 1.82) is 0 Å². The first-order chi connectivity index (χ1) is 14.3. The maximum Gasteiger partial charge on any atom is 0.416 e. The number of carbonyl (C=O) groups is 1. The minimum atomic E-state index is -4.96.